The molecule has 3 aromatic rings. The van der Waals surface area contributed by atoms with Crippen LogP contribution in [-0.2, 0) is 11.3 Å². The molecule has 0 spiro atoms. The van der Waals surface area contributed by atoms with Crippen molar-refractivity contribution in [2.24, 2.45) is 0 Å². The molecule has 1 atom stereocenters. The molecule has 2 aromatic heterocycles. The summed E-state index contributed by atoms with van der Waals surface area (Å²) in [5.41, 5.74) is 0.751. The molecule has 7 nitrogen and oxygen atoms in total. The molecule has 1 aromatic carbocycles. The number of nitrogens with one attached hydrogen (secondary N) is 2. The summed E-state index contributed by atoms with van der Waals surface area (Å²) in [6.07, 6.45) is 1.07. The van der Waals surface area contributed by atoms with Gasteiger partial charge in [-0.1, -0.05) is 33.3 Å². The predicted molar refractivity (Wildman–Crippen MR) is 116 cm³/mol. The van der Waals surface area contributed by atoms with Gasteiger partial charge in [0.15, 0.2) is 21.8 Å². The van der Waals surface area contributed by atoms with Gasteiger partial charge in [0.1, 0.15) is 5.75 Å². The van der Waals surface area contributed by atoms with Gasteiger partial charge in [-0.15, -0.1) is 6.58 Å². The largest absolute Gasteiger partial charge is 0.481 e. The monoisotopic (exact) mass is 479 g/mol. The molecule has 3 rings (SSSR count). The van der Waals surface area contributed by atoms with Crippen LogP contribution in [0, 0.1) is 11.7 Å². The highest BCUT2D eigenvalue weighted by atomic mass is 79.9. The van der Waals surface area contributed by atoms with Gasteiger partial charge in [0.25, 0.3) is 5.91 Å². The minimum absolute atomic E-state index is 0.284. The first-order valence-electron chi connectivity index (χ1n) is 8.36. The maximum atomic E-state index is 12.5. The lowest BCUT2D eigenvalue weighted by Crippen LogP contribution is -2.30. The van der Waals surface area contributed by atoms with Crippen molar-refractivity contribution < 1.29 is 9.53 Å². The molecule has 28 heavy (non-hydrogen) atoms. The first kappa shape index (κ1) is 20.4. The molecule has 1 unspecified atom stereocenters. The summed E-state index contributed by atoms with van der Waals surface area (Å²) in [5, 5.41) is 10.3. The van der Waals surface area contributed by atoms with E-state index in [9.17, 15) is 4.79 Å². The Morgan fingerprint density at radius 2 is 2.21 bits per heavy atom. The Balaban J connectivity index is 1.74. The van der Waals surface area contributed by atoms with Crippen molar-refractivity contribution in [1.29, 1.82) is 0 Å². The van der Waals surface area contributed by atoms with E-state index >= 15 is 0 Å². The van der Waals surface area contributed by atoms with Crippen molar-refractivity contribution in [3.05, 3.63) is 51.9 Å². The summed E-state index contributed by atoms with van der Waals surface area (Å²) in [6, 6.07) is 7.29. The number of benzene rings is 1. The number of rotatable bonds is 7. The lowest BCUT2D eigenvalue weighted by atomic mass is 10.3. The molecular formula is C18H18BrN5O2S2. The zero-order valence-corrected chi connectivity index (χ0v) is 18.4. The number of halogens is 1. The van der Waals surface area contributed by atoms with E-state index in [4.69, 9.17) is 17.0 Å². The number of carbonyl (C=O) groups is 1. The van der Waals surface area contributed by atoms with Gasteiger partial charge in [-0.3, -0.25) is 19.8 Å². The summed E-state index contributed by atoms with van der Waals surface area (Å²) >= 11 is 9.95. The number of nitrogens with zero attached hydrogens (tertiary/aromatic N) is 3. The standard InChI is InChI=1S/C18H18BrN5O2S2/c1-4-9-24-15(22-23-18(24)27)14-10(2)20-17(28-14)21-16(25)11(3)26-13-7-5-12(19)6-8-13/h4-8,11H,1,9H2,2-3H3,(H,23,27)(H,20,21,25). The van der Waals surface area contributed by atoms with E-state index in [-0.39, 0.29) is 5.91 Å². The lowest BCUT2D eigenvalue weighted by Gasteiger charge is -2.13. The summed E-state index contributed by atoms with van der Waals surface area (Å²) in [4.78, 5) is 17.7. The summed E-state index contributed by atoms with van der Waals surface area (Å²) < 4.78 is 8.95. The third-order valence-electron chi connectivity index (χ3n) is 3.80. The van der Waals surface area contributed by atoms with Crippen LogP contribution in [0.2, 0.25) is 0 Å². The Bertz CT molecular complexity index is 1050. The van der Waals surface area contributed by atoms with Crippen molar-refractivity contribution in [2.45, 2.75) is 26.5 Å². The highest BCUT2D eigenvalue weighted by Gasteiger charge is 2.20. The van der Waals surface area contributed by atoms with Gasteiger partial charge < -0.3 is 4.74 Å². The molecule has 0 aliphatic heterocycles. The first-order chi connectivity index (χ1) is 13.4. The van der Waals surface area contributed by atoms with Crippen LogP contribution in [0.5, 0.6) is 5.75 Å². The van der Waals surface area contributed by atoms with Gasteiger partial charge in [0, 0.05) is 11.0 Å². The highest BCUT2D eigenvalue weighted by molar-refractivity contribution is 9.10. The fraction of sp³-hybridized carbons (Fsp3) is 0.222. The quantitative estimate of drug-likeness (QED) is 0.378. The van der Waals surface area contributed by atoms with Crippen LogP contribution in [0.1, 0.15) is 12.6 Å². The van der Waals surface area contributed by atoms with Crippen LogP contribution < -0.4 is 10.1 Å². The van der Waals surface area contributed by atoms with Crippen LogP contribution in [-0.4, -0.2) is 31.8 Å². The molecule has 0 saturated heterocycles. The van der Waals surface area contributed by atoms with E-state index in [1.807, 2.05) is 23.6 Å². The van der Waals surface area contributed by atoms with Gasteiger partial charge in [-0.05, 0) is 50.3 Å². The number of aromatic nitrogens is 4. The third kappa shape index (κ3) is 4.57. The van der Waals surface area contributed by atoms with Crippen molar-refractivity contribution in [2.75, 3.05) is 5.32 Å². The number of aryl methyl sites for hydroxylation is 1. The molecule has 0 saturated carbocycles. The Hall–Kier alpha value is -2.30. The van der Waals surface area contributed by atoms with Gasteiger partial charge in [0.2, 0.25) is 0 Å². The lowest BCUT2D eigenvalue weighted by molar-refractivity contribution is -0.122. The third-order valence-corrected chi connectivity index (χ3v) is 5.70. The molecule has 0 aliphatic rings. The minimum Gasteiger partial charge on any atom is -0.481 e. The summed E-state index contributed by atoms with van der Waals surface area (Å²) in [5.74, 6) is 0.995. The summed E-state index contributed by atoms with van der Waals surface area (Å²) in [6.45, 7) is 7.82. The van der Waals surface area contributed by atoms with Crippen LogP contribution >= 0.6 is 39.5 Å². The van der Waals surface area contributed by atoms with Gasteiger partial charge in [-0.25, -0.2) is 4.98 Å². The average Bonchev–Trinajstić information content (AvgIpc) is 3.19. The van der Waals surface area contributed by atoms with E-state index < -0.39 is 6.10 Å². The molecule has 0 fully saturated rings. The number of hydrogen-bond donors (Lipinski definition) is 2. The molecule has 0 bridgehead atoms. The molecule has 2 heterocycles. The maximum absolute atomic E-state index is 12.5. The minimum atomic E-state index is -0.677. The number of carbonyl (C=O) groups excluding carboxylic acids is 1. The van der Waals surface area contributed by atoms with Gasteiger partial charge in [0.05, 0.1) is 10.6 Å². The molecule has 0 radical (unpaired) electrons. The number of hydrogen-bond acceptors (Lipinski definition) is 6. The molecule has 146 valence electrons. The van der Waals surface area contributed by atoms with Crippen LogP contribution in [0.4, 0.5) is 5.13 Å². The van der Waals surface area contributed by atoms with Crippen molar-refractivity contribution in [1.82, 2.24) is 19.7 Å². The average molecular weight is 480 g/mol. The van der Waals surface area contributed by atoms with Crippen molar-refractivity contribution in [3.63, 3.8) is 0 Å². The van der Waals surface area contributed by atoms with Crippen molar-refractivity contribution in [3.8, 4) is 16.5 Å². The SMILES string of the molecule is C=CCn1c(-c2sc(NC(=O)C(C)Oc3ccc(Br)cc3)nc2C)n[nH]c1=S. The van der Waals surface area contributed by atoms with E-state index in [2.05, 4.69) is 43.0 Å². The zero-order valence-electron chi connectivity index (χ0n) is 15.2. The fourth-order valence-electron chi connectivity index (χ4n) is 2.42. The Labute approximate surface area is 179 Å². The molecule has 0 aliphatic carbocycles. The molecular weight excluding hydrogens is 462 g/mol. The maximum Gasteiger partial charge on any atom is 0.266 e. The van der Waals surface area contributed by atoms with Gasteiger partial charge in [-0.2, -0.15) is 5.10 Å². The Morgan fingerprint density at radius 3 is 2.89 bits per heavy atom. The number of allylic oxidation sites excluding steroid dienone is 1. The Morgan fingerprint density at radius 1 is 1.50 bits per heavy atom. The molecule has 10 heteroatoms. The second-order valence-electron chi connectivity index (χ2n) is 5.89. The smallest absolute Gasteiger partial charge is 0.266 e. The molecule has 1 amide bonds. The zero-order chi connectivity index (χ0) is 20.3. The van der Waals surface area contributed by atoms with E-state index in [1.54, 1.807) is 25.1 Å². The van der Waals surface area contributed by atoms with Crippen LogP contribution in [0.25, 0.3) is 10.7 Å². The van der Waals surface area contributed by atoms with Crippen LogP contribution in [0.3, 0.4) is 0 Å². The second kappa shape index (κ2) is 8.80. The number of amides is 1. The van der Waals surface area contributed by atoms with E-state index in [0.717, 1.165) is 15.0 Å². The Kier molecular flexibility index (Phi) is 6.42. The number of thiazole rings is 1. The van der Waals surface area contributed by atoms with E-state index in [0.29, 0.717) is 28.0 Å². The highest BCUT2D eigenvalue weighted by Crippen LogP contribution is 2.31. The number of H-pyrrole nitrogens is 1. The van der Waals surface area contributed by atoms with Crippen molar-refractivity contribution >= 4 is 50.5 Å². The summed E-state index contributed by atoms with van der Waals surface area (Å²) in [7, 11) is 0. The first-order valence-corrected chi connectivity index (χ1v) is 10.4. The topological polar surface area (TPSA) is 84.8 Å². The van der Waals surface area contributed by atoms with E-state index in [1.165, 1.54) is 11.3 Å². The predicted octanol–water partition coefficient (Wildman–Crippen LogP) is 4.73. The number of ether oxygens (including phenoxy) is 1. The fourth-order valence-corrected chi connectivity index (χ4v) is 3.86. The van der Waals surface area contributed by atoms with Gasteiger partial charge >= 0.3 is 0 Å². The second-order valence-corrected chi connectivity index (χ2v) is 8.19. The molecule has 2 N–H and O–H groups in total. The number of aromatic amines is 1. The number of anilines is 1. The normalized spacial score (nSPS) is 11.8. The van der Waals surface area contributed by atoms with Crippen LogP contribution in [0.15, 0.2) is 41.4 Å².